The molecule has 62 heavy (non-hydrogen) atoms. The summed E-state index contributed by atoms with van der Waals surface area (Å²) < 4.78 is 33.1. The summed E-state index contributed by atoms with van der Waals surface area (Å²) in [5.74, 6) is 2.02. The van der Waals surface area contributed by atoms with Crippen LogP contribution in [0.2, 0.25) is 0 Å². The van der Waals surface area contributed by atoms with Crippen LogP contribution in [-0.2, 0) is 36.0 Å². The van der Waals surface area contributed by atoms with Gasteiger partial charge in [-0.05, 0) is 48.8 Å². The van der Waals surface area contributed by atoms with Crippen molar-refractivity contribution in [2.75, 3.05) is 18.6 Å². The van der Waals surface area contributed by atoms with Gasteiger partial charge >= 0.3 is 0 Å². The van der Waals surface area contributed by atoms with Crippen molar-refractivity contribution < 1.29 is 38.1 Å². The molecule has 1 aliphatic rings. The fraction of sp³-hybridized carbons (Fsp3) is 0.0943. The zero-order chi connectivity index (χ0) is 42.8. The minimum Gasteiger partial charge on any atom is -0.455 e. The van der Waals surface area contributed by atoms with Crippen molar-refractivity contribution in [2.45, 2.75) is 19.3 Å². The Morgan fingerprint density at radius 3 is 1.27 bits per heavy atom. The standard InChI is InChI=1S/C39H32OP2.C13H12N.CH4O3S.Pd/c1-39(2)33-25-15-27-35(41(29-17-7-3-8-18-29)30-19-9-4-10-20-30)37(33)40-38-34(39)26-16-28-36(38)42(31-21-11-5-12-22-31)32-23-13-6-14-24-32;1-14-13-10-6-5-9-12(13)11-7-3-2-4-8-11;1-5(2,3)4;/h3-28H,1-2H3;2-7,9-10,14H,1H3;1H3,(H,2,3,4);/q;-1;;. The van der Waals surface area contributed by atoms with Crippen LogP contribution in [0, 0.1) is 6.07 Å². The van der Waals surface area contributed by atoms with Gasteiger partial charge in [0.2, 0.25) is 0 Å². The predicted molar refractivity (Wildman–Crippen MR) is 260 cm³/mol. The van der Waals surface area contributed by atoms with E-state index < -0.39 is 26.0 Å². The number of para-hydroxylation sites is 3. The summed E-state index contributed by atoms with van der Waals surface area (Å²) in [7, 11) is -3.38. The number of ether oxygens (including phenoxy) is 1. The maximum absolute atomic E-state index is 9.19. The molecule has 0 aromatic heterocycles. The largest absolute Gasteiger partial charge is 0.455 e. The van der Waals surface area contributed by atoms with Crippen LogP contribution in [0.15, 0.2) is 206 Å². The summed E-state index contributed by atoms with van der Waals surface area (Å²) in [5.41, 5.74) is 5.71. The van der Waals surface area contributed by atoms with Gasteiger partial charge in [-0.2, -0.15) is 8.42 Å². The van der Waals surface area contributed by atoms with E-state index in [0.29, 0.717) is 6.26 Å². The van der Waals surface area contributed by atoms with E-state index in [0.717, 1.165) is 22.7 Å². The van der Waals surface area contributed by atoms with Gasteiger partial charge in [-0.15, -0.1) is 35.9 Å². The fourth-order valence-corrected chi connectivity index (χ4v) is 12.3. The van der Waals surface area contributed by atoms with E-state index in [9.17, 15) is 8.42 Å². The van der Waals surface area contributed by atoms with Crippen LogP contribution in [0.5, 0.6) is 11.5 Å². The van der Waals surface area contributed by atoms with Crippen molar-refractivity contribution in [3.8, 4) is 22.6 Å². The molecule has 5 nitrogen and oxygen atoms in total. The van der Waals surface area contributed by atoms with Crippen molar-refractivity contribution in [1.29, 1.82) is 0 Å². The number of hydrogen-bond acceptors (Lipinski definition) is 4. The minimum absolute atomic E-state index is 0. The Balaban J connectivity index is 0.000000266. The summed E-state index contributed by atoms with van der Waals surface area (Å²) in [6.45, 7) is 4.70. The summed E-state index contributed by atoms with van der Waals surface area (Å²) in [5, 5.41) is 11.0. The third kappa shape index (κ3) is 11.0. The first-order valence-electron chi connectivity index (χ1n) is 20.0. The molecule has 0 radical (unpaired) electrons. The molecule has 1 heterocycles. The molecule has 0 saturated heterocycles. The molecule has 0 saturated carbocycles. The second kappa shape index (κ2) is 21.2. The Morgan fingerprint density at radius 1 is 0.532 bits per heavy atom. The van der Waals surface area contributed by atoms with Gasteiger partial charge in [-0.25, -0.2) is 0 Å². The second-order valence-corrected chi connectivity index (χ2v) is 20.7. The first kappa shape index (κ1) is 46.3. The van der Waals surface area contributed by atoms with Crippen molar-refractivity contribution in [3.05, 3.63) is 223 Å². The second-order valence-electron chi connectivity index (χ2n) is 14.9. The molecule has 8 aromatic carbocycles. The smallest absolute Gasteiger partial charge is 0.261 e. The SMILES string of the molecule is CC1(C)c2cccc(P(c3ccccc3)c3ccccc3)c2Oc2c(P(c3ccccc3)c3ccccc3)cccc21.CNc1ccccc1-c1[c-]cccc1.CS(=O)(=O)O.[Pd]. The molecule has 0 unspecified atom stereocenters. The van der Waals surface area contributed by atoms with Gasteiger partial charge in [0.05, 0.1) is 6.26 Å². The molecule has 316 valence electrons. The molecule has 0 fully saturated rings. The number of anilines is 1. The first-order valence-corrected chi connectivity index (χ1v) is 24.5. The molecule has 9 heteroatoms. The maximum Gasteiger partial charge on any atom is 0.261 e. The predicted octanol–water partition coefficient (Wildman–Crippen LogP) is 10.3. The van der Waals surface area contributed by atoms with Crippen molar-refractivity contribution >= 4 is 63.5 Å². The van der Waals surface area contributed by atoms with Gasteiger partial charge in [-0.3, -0.25) is 4.55 Å². The molecule has 0 spiro atoms. The normalized spacial score (nSPS) is 12.2. The van der Waals surface area contributed by atoms with E-state index in [4.69, 9.17) is 9.29 Å². The zero-order valence-corrected chi connectivity index (χ0v) is 39.1. The van der Waals surface area contributed by atoms with E-state index in [2.05, 4.69) is 201 Å². The third-order valence-electron chi connectivity index (χ3n) is 10.3. The van der Waals surface area contributed by atoms with E-state index in [-0.39, 0.29) is 25.8 Å². The maximum atomic E-state index is 9.19. The number of nitrogens with one attached hydrogen (secondary N) is 1. The molecule has 1 aliphatic heterocycles. The Bertz CT molecular complexity index is 2560. The van der Waals surface area contributed by atoms with Crippen LogP contribution < -0.4 is 41.9 Å². The number of hydrogen-bond donors (Lipinski definition) is 2. The van der Waals surface area contributed by atoms with Crippen molar-refractivity contribution in [3.63, 3.8) is 0 Å². The van der Waals surface area contributed by atoms with E-state index in [1.165, 1.54) is 48.5 Å². The van der Waals surface area contributed by atoms with Gasteiger partial charge in [0.15, 0.2) is 0 Å². The van der Waals surface area contributed by atoms with Gasteiger partial charge in [0.1, 0.15) is 11.5 Å². The molecule has 0 atom stereocenters. The van der Waals surface area contributed by atoms with Crippen LogP contribution in [-0.4, -0.2) is 26.3 Å². The van der Waals surface area contributed by atoms with Crippen LogP contribution in [0.1, 0.15) is 25.0 Å². The Kier molecular flexibility index (Phi) is 15.9. The quantitative estimate of drug-likeness (QED) is 0.0687. The number of benzene rings is 8. The molecular weight excluding hydrogens is 915 g/mol. The van der Waals surface area contributed by atoms with Crippen LogP contribution in [0.3, 0.4) is 0 Å². The third-order valence-corrected chi connectivity index (χ3v) is 15.2. The molecule has 2 N–H and O–H groups in total. The molecule has 0 aliphatic carbocycles. The van der Waals surface area contributed by atoms with Gasteiger partial charge < -0.3 is 10.1 Å². The van der Waals surface area contributed by atoms with Crippen LogP contribution >= 0.6 is 15.8 Å². The molecular formula is C53H48NO4P2PdS-. The van der Waals surface area contributed by atoms with Crippen LogP contribution in [0.4, 0.5) is 5.69 Å². The average Bonchev–Trinajstić information content (AvgIpc) is 3.28. The van der Waals surface area contributed by atoms with Crippen LogP contribution in [0.25, 0.3) is 11.1 Å². The average molecular weight is 963 g/mol. The van der Waals surface area contributed by atoms with E-state index in [1.807, 2.05) is 37.4 Å². The Labute approximate surface area is 383 Å². The van der Waals surface area contributed by atoms with Gasteiger partial charge in [0.25, 0.3) is 10.1 Å². The van der Waals surface area contributed by atoms with Crippen molar-refractivity contribution in [2.24, 2.45) is 0 Å². The molecule has 0 bridgehead atoms. The minimum atomic E-state index is -3.67. The van der Waals surface area contributed by atoms with Gasteiger partial charge in [-0.1, -0.05) is 195 Å². The van der Waals surface area contributed by atoms with E-state index >= 15 is 0 Å². The van der Waals surface area contributed by atoms with Crippen molar-refractivity contribution in [1.82, 2.24) is 0 Å². The first-order chi connectivity index (χ1) is 29.5. The Morgan fingerprint density at radius 2 is 0.903 bits per heavy atom. The summed E-state index contributed by atoms with van der Waals surface area (Å²) in [6.07, 6.45) is 0.715. The number of fused-ring (bicyclic) bond motifs is 2. The monoisotopic (exact) mass is 962 g/mol. The topological polar surface area (TPSA) is 75.6 Å². The fourth-order valence-electron chi connectivity index (χ4n) is 7.51. The summed E-state index contributed by atoms with van der Waals surface area (Å²) in [6, 6.07) is 76.6. The summed E-state index contributed by atoms with van der Waals surface area (Å²) in [4.78, 5) is 0. The molecule has 9 rings (SSSR count). The number of rotatable bonds is 8. The van der Waals surface area contributed by atoms with Gasteiger partial charge in [0, 0.05) is 54.6 Å². The molecule has 0 amide bonds. The summed E-state index contributed by atoms with van der Waals surface area (Å²) >= 11 is 0. The van der Waals surface area contributed by atoms with E-state index in [1.54, 1.807) is 0 Å². The zero-order valence-electron chi connectivity index (χ0n) is 34.9. The Hall–Kier alpha value is -5.21. The molecule has 8 aromatic rings.